The number of benzene rings is 1. The molecule has 1 aliphatic carbocycles. The number of hydrogen-bond acceptors (Lipinski definition) is 9. The second kappa shape index (κ2) is 7.14. The van der Waals surface area contributed by atoms with Crippen molar-refractivity contribution in [1.29, 1.82) is 0 Å². The summed E-state index contributed by atoms with van der Waals surface area (Å²) >= 11 is 6.63. The lowest BCUT2D eigenvalue weighted by molar-refractivity contribution is 0.0567. The molecule has 1 aromatic carbocycles. The zero-order chi connectivity index (χ0) is 20.8. The minimum Gasteiger partial charge on any atom is -0.493 e. The topological polar surface area (TPSA) is 129 Å². The number of guanidine groups is 2. The van der Waals surface area contributed by atoms with Gasteiger partial charge in [-0.05, 0) is 25.7 Å². The van der Waals surface area contributed by atoms with E-state index >= 15 is 0 Å². The van der Waals surface area contributed by atoms with Crippen molar-refractivity contribution in [2.45, 2.75) is 37.8 Å². The van der Waals surface area contributed by atoms with Gasteiger partial charge in [0, 0.05) is 17.5 Å². The number of carbonyl (C=O) groups is 1. The van der Waals surface area contributed by atoms with E-state index in [1.54, 1.807) is 6.07 Å². The molecule has 1 spiro atoms. The van der Waals surface area contributed by atoms with Gasteiger partial charge < -0.3 is 25.4 Å². The van der Waals surface area contributed by atoms with Gasteiger partial charge in [0.05, 0.1) is 24.9 Å². The van der Waals surface area contributed by atoms with Crippen LogP contribution in [0.25, 0.3) is 11.0 Å². The van der Waals surface area contributed by atoms with E-state index in [4.69, 9.17) is 37.0 Å². The highest BCUT2D eigenvalue weighted by Crippen LogP contribution is 2.47. The van der Waals surface area contributed by atoms with Crippen LogP contribution in [0.1, 0.15) is 42.7 Å². The van der Waals surface area contributed by atoms with Gasteiger partial charge in [0.15, 0.2) is 5.75 Å². The van der Waals surface area contributed by atoms with Crippen molar-refractivity contribution in [2.24, 2.45) is 21.5 Å². The van der Waals surface area contributed by atoms with Crippen molar-refractivity contribution < 1.29 is 18.7 Å². The van der Waals surface area contributed by atoms with E-state index in [0.717, 1.165) is 32.1 Å². The predicted molar refractivity (Wildman–Crippen MR) is 111 cm³/mol. The summed E-state index contributed by atoms with van der Waals surface area (Å²) in [6.07, 6.45) is 4.58. The molecule has 4 rings (SSSR count). The Balaban J connectivity index is 1.93. The number of halogens is 1. The molecular formula is C19H22ClN5O4. The number of nitrogens with zero attached hydrogens (tertiary/aromatic N) is 3. The molecule has 154 valence electrons. The molecule has 29 heavy (non-hydrogen) atoms. The molecule has 2 aliphatic rings. The lowest BCUT2D eigenvalue weighted by atomic mass is 9.87. The molecule has 4 N–H and O–H groups in total. The monoisotopic (exact) mass is 419 g/mol. The Morgan fingerprint density at radius 1 is 1.24 bits per heavy atom. The summed E-state index contributed by atoms with van der Waals surface area (Å²) in [4.78, 5) is 22.5. The molecule has 10 heteroatoms. The third kappa shape index (κ3) is 3.05. The molecule has 1 aromatic heterocycles. The van der Waals surface area contributed by atoms with Crippen LogP contribution >= 0.6 is 11.6 Å². The Morgan fingerprint density at radius 2 is 1.97 bits per heavy atom. The molecular weight excluding hydrogens is 398 g/mol. The predicted octanol–water partition coefficient (Wildman–Crippen LogP) is 2.99. The Morgan fingerprint density at radius 3 is 2.62 bits per heavy atom. The number of hydrogen-bond donors (Lipinski definition) is 2. The van der Waals surface area contributed by atoms with Crippen molar-refractivity contribution in [3.05, 3.63) is 22.9 Å². The molecule has 0 bridgehead atoms. The summed E-state index contributed by atoms with van der Waals surface area (Å²) in [5, 5.41) is 0.820. The minimum absolute atomic E-state index is 0.0403. The summed E-state index contributed by atoms with van der Waals surface area (Å²) in [6, 6.07) is 3.25. The van der Waals surface area contributed by atoms with Gasteiger partial charge in [0.1, 0.15) is 11.2 Å². The normalized spacial score (nSPS) is 18.5. The Bertz CT molecular complexity index is 1040. The second-order valence-corrected chi connectivity index (χ2v) is 7.45. The summed E-state index contributed by atoms with van der Waals surface area (Å²) in [5.41, 5.74) is 12.5. The number of rotatable bonds is 3. The maximum atomic E-state index is 11.9. The number of esters is 1. The first kappa shape index (κ1) is 19.4. The average Bonchev–Trinajstić information content (AvgIpc) is 3.12. The Hall–Kier alpha value is -2.94. The van der Waals surface area contributed by atoms with E-state index in [0.29, 0.717) is 27.4 Å². The summed E-state index contributed by atoms with van der Waals surface area (Å²) in [7, 11) is 2.80. The first-order valence-corrected chi connectivity index (χ1v) is 9.66. The molecule has 0 atom stereocenters. The highest BCUT2D eigenvalue weighted by molar-refractivity contribution is 6.38. The fraction of sp³-hybridized carbons (Fsp3) is 0.421. The van der Waals surface area contributed by atoms with Gasteiger partial charge in [-0.2, -0.15) is 4.99 Å². The summed E-state index contributed by atoms with van der Waals surface area (Å²) in [5.74, 6) is 0.178. The van der Waals surface area contributed by atoms with Gasteiger partial charge in [-0.1, -0.05) is 18.0 Å². The van der Waals surface area contributed by atoms with Crippen molar-refractivity contribution in [2.75, 3.05) is 19.1 Å². The number of furan rings is 1. The highest BCUT2D eigenvalue weighted by atomic mass is 35.5. The Labute approximate surface area is 172 Å². The zero-order valence-electron chi connectivity index (χ0n) is 16.2. The lowest BCUT2D eigenvalue weighted by Crippen LogP contribution is -2.58. The quantitative estimate of drug-likeness (QED) is 0.731. The number of fused-ring (bicyclic) bond motifs is 1. The first-order valence-electron chi connectivity index (χ1n) is 9.28. The zero-order valence-corrected chi connectivity index (χ0v) is 17.0. The van der Waals surface area contributed by atoms with Crippen molar-refractivity contribution in [1.82, 2.24) is 0 Å². The Kier molecular flexibility index (Phi) is 4.77. The standard InChI is InChI=1S/C19H22ClN5O4/c1-27-15-11(9-12-10(14(15)20)8-13(29-12)16(26)28-2)25-18(22)23-17(21)24-19(25)6-4-3-5-7-19/h8-9H,3-7H2,1-2H3,(H4,21,22,23,24). The van der Waals surface area contributed by atoms with Gasteiger partial charge in [-0.3, -0.25) is 4.90 Å². The SMILES string of the molecule is COC(=O)c1cc2c(Cl)c(OC)c(N3C(N)=NC(N)=NC34CCCCC4)cc2o1. The third-order valence-electron chi connectivity index (χ3n) is 5.38. The molecule has 9 nitrogen and oxygen atoms in total. The second-order valence-electron chi connectivity index (χ2n) is 7.08. The van der Waals surface area contributed by atoms with E-state index in [2.05, 4.69) is 9.98 Å². The number of aliphatic imine (C=N–C) groups is 2. The van der Waals surface area contributed by atoms with Crippen LogP contribution in [0.15, 0.2) is 26.5 Å². The number of carbonyl (C=O) groups excluding carboxylic acids is 1. The number of methoxy groups -OCH3 is 2. The molecule has 2 aromatic rings. The molecule has 0 saturated heterocycles. The molecule has 0 unspecified atom stereocenters. The van der Waals surface area contributed by atoms with Gasteiger partial charge in [0.2, 0.25) is 17.7 Å². The molecule has 1 aliphatic heterocycles. The van der Waals surface area contributed by atoms with E-state index in [1.165, 1.54) is 20.3 Å². The van der Waals surface area contributed by atoms with Crippen LogP contribution in [0.4, 0.5) is 5.69 Å². The summed E-state index contributed by atoms with van der Waals surface area (Å²) < 4.78 is 16.0. The van der Waals surface area contributed by atoms with E-state index in [1.807, 2.05) is 4.90 Å². The molecule has 2 heterocycles. The van der Waals surface area contributed by atoms with Crippen LogP contribution < -0.4 is 21.1 Å². The third-order valence-corrected chi connectivity index (χ3v) is 5.76. The molecule has 1 fully saturated rings. The highest BCUT2D eigenvalue weighted by Gasteiger charge is 2.44. The van der Waals surface area contributed by atoms with Crippen LogP contribution in [-0.4, -0.2) is 37.8 Å². The van der Waals surface area contributed by atoms with Gasteiger partial charge in [-0.15, -0.1) is 0 Å². The fourth-order valence-corrected chi connectivity index (χ4v) is 4.46. The van der Waals surface area contributed by atoms with Crippen molar-refractivity contribution in [3.63, 3.8) is 0 Å². The van der Waals surface area contributed by atoms with Crippen LogP contribution in [0.3, 0.4) is 0 Å². The van der Waals surface area contributed by atoms with Crippen LogP contribution in [-0.2, 0) is 4.74 Å². The van der Waals surface area contributed by atoms with Crippen molar-refractivity contribution >= 4 is 46.1 Å². The molecule has 1 saturated carbocycles. The van der Waals surface area contributed by atoms with Gasteiger partial charge in [-0.25, -0.2) is 9.79 Å². The smallest absolute Gasteiger partial charge is 0.373 e. The number of ether oxygens (including phenoxy) is 2. The lowest BCUT2D eigenvalue weighted by Gasteiger charge is -2.45. The van der Waals surface area contributed by atoms with E-state index in [-0.39, 0.29) is 17.7 Å². The fourth-order valence-electron chi connectivity index (χ4n) is 4.14. The first-order chi connectivity index (χ1) is 13.9. The van der Waals surface area contributed by atoms with Crippen LogP contribution in [0, 0.1) is 0 Å². The van der Waals surface area contributed by atoms with Gasteiger partial charge >= 0.3 is 5.97 Å². The van der Waals surface area contributed by atoms with Crippen molar-refractivity contribution in [3.8, 4) is 5.75 Å². The summed E-state index contributed by atoms with van der Waals surface area (Å²) in [6.45, 7) is 0. The number of nitrogens with two attached hydrogens (primary N) is 2. The van der Waals surface area contributed by atoms with Crippen LogP contribution in [0.5, 0.6) is 5.75 Å². The van der Waals surface area contributed by atoms with E-state index < -0.39 is 11.6 Å². The van der Waals surface area contributed by atoms with E-state index in [9.17, 15) is 4.79 Å². The maximum absolute atomic E-state index is 11.9. The number of anilines is 1. The largest absolute Gasteiger partial charge is 0.493 e. The molecule has 0 radical (unpaired) electrons. The minimum atomic E-state index is -0.670. The van der Waals surface area contributed by atoms with Gasteiger partial charge in [0.25, 0.3) is 0 Å². The van der Waals surface area contributed by atoms with Crippen LogP contribution in [0.2, 0.25) is 5.02 Å². The molecule has 0 amide bonds. The maximum Gasteiger partial charge on any atom is 0.373 e. The average molecular weight is 420 g/mol.